The Labute approximate surface area is 119 Å². The molecule has 20 heavy (non-hydrogen) atoms. The first-order valence-electron chi connectivity index (χ1n) is 5.71. The molecule has 0 atom stereocenters. The number of anilines is 1. The molecule has 0 amide bonds. The monoisotopic (exact) mass is 289 g/mol. The summed E-state index contributed by atoms with van der Waals surface area (Å²) in [5, 5.41) is 23.4. The van der Waals surface area contributed by atoms with E-state index in [9.17, 15) is 10.1 Å². The molecular formula is C12H11N5O2S. The molecule has 0 bridgehead atoms. The van der Waals surface area contributed by atoms with Crippen molar-refractivity contribution in [2.24, 2.45) is 10.7 Å². The number of thioether (sulfide) groups is 1. The van der Waals surface area contributed by atoms with E-state index < -0.39 is 4.92 Å². The van der Waals surface area contributed by atoms with Crippen molar-refractivity contribution in [2.75, 3.05) is 17.6 Å². The van der Waals surface area contributed by atoms with Gasteiger partial charge in [-0.25, -0.2) is 0 Å². The minimum absolute atomic E-state index is 0.0135. The van der Waals surface area contributed by atoms with Crippen molar-refractivity contribution in [3.8, 4) is 6.07 Å². The quantitative estimate of drug-likeness (QED) is 0.647. The number of nitriles is 1. The fourth-order valence-corrected chi connectivity index (χ4v) is 2.46. The highest BCUT2D eigenvalue weighted by atomic mass is 32.2. The summed E-state index contributed by atoms with van der Waals surface area (Å²) in [6.07, 6.45) is 0. The standard InChI is InChI=1S/C12H11N5O2S/c13-7-10-11(14)15-5-6-20-12(10)16-8-1-3-9(4-2-8)17(18)19/h1-4,16H,5-6H2,(H2,14,15). The van der Waals surface area contributed by atoms with Gasteiger partial charge in [-0.3, -0.25) is 15.1 Å². The van der Waals surface area contributed by atoms with E-state index in [2.05, 4.69) is 10.3 Å². The average Bonchev–Trinajstić information content (AvgIpc) is 2.61. The number of benzene rings is 1. The molecule has 7 nitrogen and oxygen atoms in total. The molecule has 8 heteroatoms. The number of non-ortho nitro benzene ring substituents is 1. The van der Waals surface area contributed by atoms with Crippen molar-refractivity contribution >= 4 is 29.0 Å². The lowest BCUT2D eigenvalue weighted by atomic mass is 10.2. The molecule has 1 aromatic carbocycles. The van der Waals surface area contributed by atoms with Gasteiger partial charge in [-0.15, -0.1) is 11.8 Å². The molecule has 1 heterocycles. The summed E-state index contributed by atoms with van der Waals surface area (Å²) in [6, 6.07) is 7.98. The van der Waals surface area contributed by atoms with Crippen molar-refractivity contribution in [2.45, 2.75) is 0 Å². The van der Waals surface area contributed by atoms with Gasteiger partial charge in [0.05, 0.1) is 16.5 Å². The fourth-order valence-electron chi connectivity index (χ4n) is 1.59. The van der Waals surface area contributed by atoms with Crippen LogP contribution in [0.3, 0.4) is 0 Å². The molecule has 3 N–H and O–H groups in total. The van der Waals surface area contributed by atoms with Crippen molar-refractivity contribution in [3.63, 3.8) is 0 Å². The van der Waals surface area contributed by atoms with Crippen molar-refractivity contribution in [3.05, 3.63) is 45.0 Å². The van der Waals surface area contributed by atoms with Crippen LogP contribution in [-0.4, -0.2) is 23.1 Å². The van der Waals surface area contributed by atoms with Gasteiger partial charge in [0.2, 0.25) is 0 Å². The summed E-state index contributed by atoms with van der Waals surface area (Å²) in [4.78, 5) is 14.2. The molecule has 0 spiro atoms. The number of nitrogens with one attached hydrogen (secondary N) is 1. The number of rotatable bonds is 3. The third-order valence-corrected chi connectivity index (χ3v) is 3.53. The van der Waals surface area contributed by atoms with E-state index in [-0.39, 0.29) is 11.5 Å². The van der Waals surface area contributed by atoms with Crippen LogP contribution in [0.4, 0.5) is 11.4 Å². The van der Waals surface area contributed by atoms with Gasteiger partial charge in [0.1, 0.15) is 17.5 Å². The molecule has 2 rings (SSSR count). The molecule has 1 aromatic rings. The molecule has 1 aliphatic rings. The maximum Gasteiger partial charge on any atom is 0.269 e. The first kappa shape index (κ1) is 13.9. The second kappa shape index (κ2) is 6.08. The third-order valence-electron chi connectivity index (χ3n) is 2.55. The zero-order chi connectivity index (χ0) is 14.5. The topological polar surface area (TPSA) is 117 Å². The highest BCUT2D eigenvalue weighted by molar-refractivity contribution is 8.03. The van der Waals surface area contributed by atoms with Crippen LogP contribution in [0.15, 0.2) is 39.9 Å². The Morgan fingerprint density at radius 1 is 1.45 bits per heavy atom. The van der Waals surface area contributed by atoms with Crippen LogP contribution in [-0.2, 0) is 0 Å². The van der Waals surface area contributed by atoms with Crippen LogP contribution in [0.1, 0.15) is 0 Å². The first-order valence-corrected chi connectivity index (χ1v) is 6.69. The Morgan fingerprint density at radius 2 is 2.15 bits per heavy atom. The minimum Gasteiger partial charge on any atom is -0.383 e. The van der Waals surface area contributed by atoms with Gasteiger partial charge in [-0.2, -0.15) is 5.26 Å². The van der Waals surface area contributed by atoms with Gasteiger partial charge in [0.25, 0.3) is 5.69 Å². The summed E-state index contributed by atoms with van der Waals surface area (Å²) >= 11 is 1.44. The lowest BCUT2D eigenvalue weighted by molar-refractivity contribution is -0.384. The Kier molecular flexibility index (Phi) is 4.22. The zero-order valence-electron chi connectivity index (χ0n) is 10.4. The number of nitrogens with zero attached hydrogens (tertiary/aromatic N) is 3. The fraction of sp³-hybridized carbons (Fsp3) is 0.167. The van der Waals surface area contributed by atoms with Crippen LogP contribution >= 0.6 is 11.8 Å². The molecular weight excluding hydrogens is 278 g/mol. The number of nitro benzene ring substituents is 1. The normalized spacial score (nSPS) is 15.1. The molecule has 0 radical (unpaired) electrons. The second-order valence-corrected chi connectivity index (χ2v) is 4.97. The van der Waals surface area contributed by atoms with Gasteiger partial charge in [0, 0.05) is 23.6 Å². The number of hydrogen-bond acceptors (Lipinski definition) is 7. The Hall–Kier alpha value is -2.53. The molecule has 102 valence electrons. The van der Waals surface area contributed by atoms with E-state index in [1.165, 1.54) is 23.9 Å². The van der Waals surface area contributed by atoms with Crippen LogP contribution < -0.4 is 11.1 Å². The summed E-state index contributed by atoms with van der Waals surface area (Å²) in [6.45, 7) is 0.549. The molecule has 0 fully saturated rings. The lowest BCUT2D eigenvalue weighted by Crippen LogP contribution is -2.16. The van der Waals surface area contributed by atoms with Gasteiger partial charge >= 0.3 is 0 Å². The number of amidine groups is 1. The number of aliphatic imine (C=N–C) groups is 1. The van der Waals surface area contributed by atoms with Crippen molar-refractivity contribution < 1.29 is 4.92 Å². The number of hydrogen-bond donors (Lipinski definition) is 2. The Balaban J connectivity index is 2.26. The second-order valence-electron chi connectivity index (χ2n) is 3.86. The molecule has 1 aliphatic heterocycles. The summed E-state index contributed by atoms with van der Waals surface area (Å²) < 4.78 is 0. The summed E-state index contributed by atoms with van der Waals surface area (Å²) in [7, 11) is 0. The predicted octanol–water partition coefficient (Wildman–Crippen LogP) is 1.85. The molecule has 0 saturated carbocycles. The number of nitrogens with two attached hydrogens (primary N) is 1. The van der Waals surface area contributed by atoms with E-state index in [1.54, 1.807) is 12.1 Å². The van der Waals surface area contributed by atoms with E-state index in [4.69, 9.17) is 11.0 Å². The highest BCUT2D eigenvalue weighted by Gasteiger charge is 2.15. The van der Waals surface area contributed by atoms with E-state index >= 15 is 0 Å². The van der Waals surface area contributed by atoms with Gasteiger partial charge in [-0.1, -0.05) is 0 Å². The molecule has 0 aromatic heterocycles. The number of nitro groups is 1. The summed E-state index contributed by atoms with van der Waals surface area (Å²) in [5.41, 5.74) is 6.69. The van der Waals surface area contributed by atoms with Gasteiger partial charge < -0.3 is 11.1 Å². The zero-order valence-corrected chi connectivity index (χ0v) is 11.2. The molecule has 0 saturated heterocycles. The maximum absolute atomic E-state index is 10.6. The van der Waals surface area contributed by atoms with E-state index in [0.717, 1.165) is 0 Å². The third kappa shape index (κ3) is 3.07. The van der Waals surface area contributed by atoms with Crippen molar-refractivity contribution in [1.29, 1.82) is 5.26 Å². The first-order chi connectivity index (χ1) is 9.61. The smallest absolute Gasteiger partial charge is 0.269 e. The highest BCUT2D eigenvalue weighted by Crippen LogP contribution is 2.25. The van der Waals surface area contributed by atoms with Crippen LogP contribution in [0.5, 0.6) is 0 Å². The van der Waals surface area contributed by atoms with E-state index in [1.807, 2.05) is 6.07 Å². The molecule has 0 unspecified atom stereocenters. The average molecular weight is 289 g/mol. The van der Waals surface area contributed by atoms with Crippen LogP contribution in [0.25, 0.3) is 0 Å². The Morgan fingerprint density at radius 3 is 2.75 bits per heavy atom. The molecule has 0 aliphatic carbocycles. The maximum atomic E-state index is 10.6. The summed E-state index contributed by atoms with van der Waals surface area (Å²) in [5.74, 6) is 0.920. The van der Waals surface area contributed by atoms with Crippen LogP contribution in [0, 0.1) is 21.4 Å². The van der Waals surface area contributed by atoms with Gasteiger partial charge in [-0.05, 0) is 12.1 Å². The van der Waals surface area contributed by atoms with Gasteiger partial charge in [0.15, 0.2) is 0 Å². The largest absolute Gasteiger partial charge is 0.383 e. The SMILES string of the molecule is N#CC1=C(Nc2ccc([N+](=O)[O-])cc2)SCCN=C1N. The lowest BCUT2D eigenvalue weighted by Gasteiger charge is -2.10. The predicted molar refractivity (Wildman–Crippen MR) is 78.3 cm³/mol. The van der Waals surface area contributed by atoms with Crippen LogP contribution in [0.2, 0.25) is 0 Å². The Bertz CT molecular complexity index is 630. The van der Waals surface area contributed by atoms with E-state index in [0.29, 0.717) is 28.6 Å². The minimum atomic E-state index is -0.463. The van der Waals surface area contributed by atoms with Crippen molar-refractivity contribution in [1.82, 2.24) is 0 Å².